The molecular formula is C33H31F2N3O4. The minimum Gasteiger partial charge on any atom is -0.390 e. The Morgan fingerprint density at radius 3 is 2.55 bits per heavy atom. The number of benzene rings is 3. The molecular weight excluding hydrogens is 540 g/mol. The molecule has 0 bridgehead atoms. The molecule has 42 heavy (non-hydrogen) atoms. The molecule has 216 valence electrons. The molecule has 0 radical (unpaired) electrons. The second-order valence-electron chi connectivity index (χ2n) is 11.7. The third kappa shape index (κ3) is 4.06. The zero-order valence-electron chi connectivity index (χ0n) is 26.3. The van der Waals surface area contributed by atoms with Crippen molar-refractivity contribution in [3.8, 4) is 16.8 Å². The lowest BCUT2D eigenvalue weighted by molar-refractivity contribution is 0.0123. The molecule has 1 atom stereocenters. The molecule has 0 aliphatic heterocycles. The third-order valence-electron chi connectivity index (χ3n) is 8.85. The van der Waals surface area contributed by atoms with E-state index < -0.39 is 46.9 Å². The van der Waals surface area contributed by atoms with Crippen LogP contribution in [-0.4, -0.2) is 25.7 Å². The fourth-order valence-corrected chi connectivity index (χ4v) is 6.67. The minimum atomic E-state index is -3.12. The van der Waals surface area contributed by atoms with Gasteiger partial charge in [0.1, 0.15) is 11.6 Å². The van der Waals surface area contributed by atoms with Crippen molar-refractivity contribution in [2.24, 2.45) is 18.6 Å². The number of para-hydroxylation sites is 1. The monoisotopic (exact) mass is 574 g/mol. The smallest absolute Gasteiger partial charge is 0.335 e. The highest BCUT2D eigenvalue weighted by Crippen LogP contribution is 2.51. The van der Waals surface area contributed by atoms with Crippen LogP contribution in [0, 0.1) is 24.5 Å². The largest absolute Gasteiger partial charge is 0.390 e. The number of aryl methyl sites for hydroxylation is 1. The first kappa shape index (κ1) is 24.2. The quantitative estimate of drug-likeness (QED) is 0.361. The number of hydrogen-bond acceptors (Lipinski definition) is 4. The van der Waals surface area contributed by atoms with Gasteiger partial charge >= 0.3 is 5.69 Å². The molecule has 6 rings (SSSR count). The first-order valence-electron chi connectivity index (χ1n) is 15.2. The third-order valence-corrected chi connectivity index (χ3v) is 8.85. The standard InChI is InChI=1S/C33H31F2N3O4/c1-16-19(7-6-10-26(16)38-31(40)21-8-5-9-24(34)29(21)37(4)32(38)41)28-25(35)15-23(30(36)39)22-14-17-13-18(33(2,3)42)11-12-20(17)27(22)28/h5-10,15,18,42H,11-14H2,1-4H3,(H2,36,39)/t18-/m0/s1/i4D3. The van der Waals surface area contributed by atoms with Crippen molar-refractivity contribution in [3.63, 3.8) is 0 Å². The van der Waals surface area contributed by atoms with Crippen molar-refractivity contribution in [3.05, 3.63) is 103 Å². The first-order valence-corrected chi connectivity index (χ1v) is 13.7. The summed E-state index contributed by atoms with van der Waals surface area (Å²) in [6, 6.07) is 9.13. The molecule has 0 fully saturated rings. The maximum atomic E-state index is 16.2. The fourth-order valence-electron chi connectivity index (χ4n) is 6.67. The zero-order valence-corrected chi connectivity index (χ0v) is 23.3. The second-order valence-corrected chi connectivity index (χ2v) is 11.7. The zero-order chi connectivity index (χ0) is 32.7. The summed E-state index contributed by atoms with van der Waals surface area (Å²) < 4.78 is 55.9. The molecule has 0 saturated heterocycles. The van der Waals surface area contributed by atoms with Crippen LogP contribution in [0.5, 0.6) is 0 Å². The summed E-state index contributed by atoms with van der Waals surface area (Å²) in [5.41, 5.74) is 5.70. The number of halogens is 2. The van der Waals surface area contributed by atoms with Crippen molar-refractivity contribution in [1.29, 1.82) is 0 Å². The summed E-state index contributed by atoms with van der Waals surface area (Å²) in [5.74, 6) is -2.58. The van der Waals surface area contributed by atoms with Crippen LogP contribution in [0.1, 0.15) is 64.3 Å². The number of aliphatic hydroxyl groups is 1. The maximum absolute atomic E-state index is 16.2. The molecule has 7 nitrogen and oxygen atoms in total. The molecule has 1 aromatic heterocycles. The topological polar surface area (TPSA) is 107 Å². The Morgan fingerprint density at radius 1 is 1.12 bits per heavy atom. The van der Waals surface area contributed by atoms with Crippen molar-refractivity contribution in [1.82, 2.24) is 9.13 Å². The highest BCUT2D eigenvalue weighted by atomic mass is 19.1. The van der Waals surface area contributed by atoms with Crippen molar-refractivity contribution in [2.45, 2.75) is 52.1 Å². The van der Waals surface area contributed by atoms with Gasteiger partial charge in [0.15, 0.2) is 0 Å². The van der Waals surface area contributed by atoms with E-state index >= 15 is 4.39 Å². The Labute approximate surface area is 244 Å². The van der Waals surface area contributed by atoms with Gasteiger partial charge < -0.3 is 10.8 Å². The molecule has 0 spiro atoms. The van der Waals surface area contributed by atoms with E-state index in [-0.39, 0.29) is 38.2 Å². The summed E-state index contributed by atoms with van der Waals surface area (Å²) in [7, 11) is 0. The van der Waals surface area contributed by atoms with Crippen molar-refractivity contribution < 1.29 is 22.8 Å². The van der Waals surface area contributed by atoms with E-state index in [1.165, 1.54) is 24.3 Å². The van der Waals surface area contributed by atoms with E-state index in [2.05, 4.69) is 0 Å². The lowest BCUT2D eigenvalue weighted by atomic mass is 9.75. The van der Waals surface area contributed by atoms with Gasteiger partial charge in [-0.2, -0.15) is 0 Å². The number of aromatic nitrogens is 2. The number of allylic oxidation sites excluding steroid dienone is 2. The lowest BCUT2D eigenvalue weighted by Gasteiger charge is -2.33. The summed E-state index contributed by atoms with van der Waals surface area (Å²) in [6.45, 7) is 1.96. The van der Waals surface area contributed by atoms with E-state index in [0.29, 0.717) is 46.9 Å². The van der Waals surface area contributed by atoms with E-state index in [0.717, 1.165) is 23.3 Å². The first-order chi connectivity index (χ1) is 21.0. The number of carbonyl (C=O) groups is 1. The number of carbonyl (C=O) groups excluding carboxylic acids is 1. The minimum absolute atomic E-state index is 0.00303. The number of amides is 1. The van der Waals surface area contributed by atoms with Crippen LogP contribution in [0.25, 0.3) is 33.3 Å². The SMILES string of the molecule is [2H]C([2H])([2H])n1c(=O)n(-c2cccc(-c3c(F)cc(C(N)=O)c4c3C3=C(C4)C[C@@H](C(C)(C)O)CC3)c2C)c(=O)c2cccc(F)c21. The van der Waals surface area contributed by atoms with Gasteiger partial charge in [-0.1, -0.05) is 23.8 Å². The van der Waals surface area contributed by atoms with Crippen LogP contribution in [0.4, 0.5) is 8.78 Å². The van der Waals surface area contributed by atoms with Crippen LogP contribution in [-0.2, 0) is 13.4 Å². The van der Waals surface area contributed by atoms with Gasteiger partial charge in [-0.05, 0) is 104 Å². The summed E-state index contributed by atoms with van der Waals surface area (Å²) in [5, 5.41) is 10.4. The summed E-state index contributed by atoms with van der Waals surface area (Å²) in [4.78, 5) is 39.9. The Hall–Kier alpha value is -4.37. The molecule has 1 heterocycles. The van der Waals surface area contributed by atoms with Crippen LogP contribution in [0.3, 0.4) is 0 Å². The van der Waals surface area contributed by atoms with Gasteiger partial charge in [-0.25, -0.2) is 18.1 Å². The molecule has 3 aromatic carbocycles. The molecule has 3 N–H and O–H groups in total. The molecule has 2 aliphatic rings. The van der Waals surface area contributed by atoms with Crippen molar-refractivity contribution in [2.75, 3.05) is 0 Å². The van der Waals surface area contributed by atoms with Gasteiger partial charge in [-0.3, -0.25) is 14.2 Å². The number of hydrogen-bond donors (Lipinski definition) is 2. The molecule has 0 unspecified atom stereocenters. The van der Waals surface area contributed by atoms with Gasteiger partial charge in [0, 0.05) is 22.2 Å². The van der Waals surface area contributed by atoms with Gasteiger partial charge in [-0.15, -0.1) is 0 Å². The van der Waals surface area contributed by atoms with E-state index in [9.17, 15) is 23.9 Å². The van der Waals surface area contributed by atoms with Gasteiger partial charge in [0.05, 0.1) is 22.2 Å². The van der Waals surface area contributed by atoms with E-state index in [1.807, 2.05) is 0 Å². The molecule has 2 aliphatic carbocycles. The highest BCUT2D eigenvalue weighted by molar-refractivity contribution is 6.00. The lowest BCUT2D eigenvalue weighted by Crippen LogP contribution is -2.38. The average molecular weight is 575 g/mol. The number of rotatable bonds is 4. The van der Waals surface area contributed by atoms with Crippen LogP contribution in [0.15, 0.2) is 57.6 Å². The van der Waals surface area contributed by atoms with E-state index in [1.54, 1.807) is 26.8 Å². The van der Waals surface area contributed by atoms with Crippen LogP contribution >= 0.6 is 0 Å². The number of primary amides is 1. The van der Waals surface area contributed by atoms with Gasteiger partial charge in [0.25, 0.3) is 5.56 Å². The maximum Gasteiger partial charge on any atom is 0.335 e. The Kier molecular flexibility index (Phi) is 5.54. The Morgan fingerprint density at radius 2 is 1.86 bits per heavy atom. The van der Waals surface area contributed by atoms with Crippen LogP contribution < -0.4 is 17.0 Å². The number of nitrogens with two attached hydrogens (primary N) is 1. The molecule has 0 saturated carbocycles. The van der Waals surface area contributed by atoms with E-state index in [4.69, 9.17) is 9.85 Å². The van der Waals surface area contributed by atoms with Gasteiger partial charge in [0.2, 0.25) is 5.91 Å². The number of fused-ring (bicyclic) bond motifs is 3. The fraction of sp³-hybridized carbons (Fsp3) is 0.303. The Balaban J connectivity index is 1.64. The normalized spacial score (nSPS) is 18.0. The number of nitrogens with zero attached hydrogens (tertiary/aromatic N) is 2. The van der Waals surface area contributed by atoms with Crippen LogP contribution in [0.2, 0.25) is 0 Å². The molecule has 9 heteroatoms. The average Bonchev–Trinajstić information content (AvgIpc) is 3.32. The summed E-state index contributed by atoms with van der Waals surface area (Å²) >= 11 is 0. The highest BCUT2D eigenvalue weighted by Gasteiger charge is 2.38. The summed E-state index contributed by atoms with van der Waals surface area (Å²) in [6.07, 6.45) is 2.09. The second kappa shape index (κ2) is 9.59. The molecule has 4 aromatic rings. The predicted molar refractivity (Wildman–Crippen MR) is 158 cm³/mol. The van der Waals surface area contributed by atoms with Crippen molar-refractivity contribution >= 4 is 22.4 Å². The molecule has 1 amide bonds. The Bertz CT molecular complexity index is 2110. The predicted octanol–water partition coefficient (Wildman–Crippen LogP) is 4.92.